The Hall–Kier alpha value is -5.02. The molecule has 1 aromatic heterocycles. The van der Waals surface area contributed by atoms with Crippen molar-refractivity contribution in [2.45, 2.75) is 71.8 Å². The maximum atomic E-state index is 14.8. The molecular weight excluding hydrogens is 633 g/mol. The van der Waals surface area contributed by atoms with E-state index >= 15 is 0 Å². The number of fused-ring (bicyclic) bond motifs is 2. The third kappa shape index (κ3) is 6.15. The van der Waals surface area contributed by atoms with E-state index in [1.54, 1.807) is 0 Å². The highest BCUT2D eigenvalue weighted by molar-refractivity contribution is 6.42. The van der Waals surface area contributed by atoms with Crippen LogP contribution in [0.25, 0.3) is 16.5 Å². The lowest BCUT2D eigenvalue weighted by molar-refractivity contribution is -0.439. The zero-order valence-electron chi connectivity index (χ0n) is 31.2. The van der Waals surface area contributed by atoms with E-state index in [-0.39, 0.29) is 11.2 Å². The number of carbonyl (C=O) groups is 1. The van der Waals surface area contributed by atoms with Gasteiger partial charge in [0.25, 0.3) is 0 Å². The van der Waals surface area contributed by atoms with Gasteiger partial charge in [-0.1, -0.05) is 129 Å². The monoisotopic (exact) mass is 683 g/mol. The van der Waals surface area contributed by atoms with E-state index < -0.39 is 0 Å². The number of aromatic nitrogens is 1. The quantitative estimate of drug-likeness (QED) is 0.102. The van der Waals surface area contributed by atoms with Crippen LogP contribution in [0.15, 0.2) is 145 Å². The zero-order valence-corrected chi connectivity index (χ0v) is 31.2. The minimum Gasteiger partial charge on any atom is -0.344 e. The van der Waals surface area contributed by atoms with Gasteiger partial charge in [0.15, 0.2) is 11.5 Å². The summed E-state index contributed by atoms with van der Waals surface area (Å²) in [6, 6.07) is 28.4. The number of benzene rings is 3. The molecule has 3 nitrogen and oxygen atoms in total. The first-order valence-electron chi connectivity index (χ1n) is 19.4. The molecule has 0 fully saturated rings. The van der Waals surface area contributed by atoms with Gasteiger partial charge in [0.05, 0.1) is 5.41 Å². The summed E-state index contributed by atoms with van der Waals surface area (Å²) in [6.07, 6.45) is 25.2. The fourth-order valence-corrected chi connectivity index (χ4v) is 8.97. The van der Waals surface area contributed by atoms with Crippen LogP contribution in [0.1, 0.15) is 75.8 Å². The molecule has 0 radical (unpaired) electrons. The molecule has 4 aromatic rings. The molecular formula is C49H51N2O+. The van der Waals surface area contributed by atoms with Gasteiger partial charge in [-0.2, -0.15) is 4.58 Å². The molecule has 0 amide bonds. The number of rotatable bonds is 13. The lowest BCUT2D eigenvalue weighted by atomic mass is 9.71. The van der Waals surface area contributed by atoms with E-state index in [2.05, 4.69) is 170 Å². The maximum Gasteiger partial charge on any atom is 0.209 e. The largest absolute Gasteiger partial charge is 0.344 e. The summed E-state index contributed by atoms with van der Waals surface area (Å²) < 4.78 is 5.05. The van der Waals surface area contributed by atoms with Crippen molar-refractivity contribution in [3.63, 3.8) is 0 Å². The average molecular weight is 684 g/mol. The number of carbonyl (C=O) groups excluding carboxylic acids is 1. The van der Waals surface area contributed by atoms with Crippen molar-refractivity contribution in [1.82, 2.24) is 4.57 Å². The van der Waals surface area contributed by atoms with Gasteiger partial charge in [0.2, 0.25) is 5.69 Å². The molecule has 1 aliphatic heterocycles. The third-order valence-electron chi connectivity index (χ3n) is 12.0. The molecule has 3 heteroatoms. The Morgan fingerprint density at radius 1 is 0.827 bits per heavy atom. The molecule has 1 atom stereocenters. The molecule has 8 rings (SSSR count). The standard InChI is InChI=1S/C49H51N2O/c1-34(2)27-30-51-43-25-15-13-23-41(43)49(4,29-26-36-16-8-9-17-36)45(51)33-40-35(3)46(48(40)52)47-39-22-12-14-24-42(39)50(31-28-37-18-10-11-19-37)44(47)32-38-20-6-5-7-21-38/h5-25,33-34,36-37H,26-32H2,1-4H3/q+1. The molecule has 3 aliphatic carbocycles. The number of ketones is 1. The number of Topliss-reactive ketones (excluding diaryl/α,β-unsaturated/α-hetero) is 1. The Bertz CT molecular complexity index is 2220. The van der Waals surface area contributed by atoms with Gasteiger partial charge < -0.3 is 4.57 Å². The number of aryl methyl sites for hydroxylation is 1. The average Bonchev–Trinajstić information content (AvgIpc) is 3.97. The minimum absolute atomic E-state index is 0.174. The van der Waals surface area contributed by atoms with E-state index in [9.17, 15) is 4.79 Å². The van der Waals surface area contributed by atoms with Crippen LogP contribution in [0.2, 0.25) is 0 Å². The Morgan fingerprint density at radius 3 is 2.19 bits per heavy atom. The van der Waals surface area contributed by atoms with E-state index in [4.69, 9.17) is 0 Å². The number of nitrogens with zero attached hydrogens (tertiary/aromatic N) is 2. The Kier molecular flexibility index (Phi) is 9.30. The van der Waals surface area contributed by atoms with Crippen LogP contribution in [0, 0.1) is 17.8 Å². The van der Waals surface area contributed by atoms with Gasteiger partial charge in [0, 0.05) is 70.4 Å². The van der Waals surface area contributed by atoms with E-state index in [1.165, 1.54) is 39.1 Å². The normalized spacial score (nSPS) is 20.6. The van der Waals surface area contributed by atoms with Crippen LogP contribution in [0.5, 0.6) is 0 Å². The lowest BCUT2D eigenvalue weighted by Crippen LogP contribution is -2.34. The number of para-hydroxylation sites is 2. The first-order chi connectivity index (χ1) is 25.3. The Morgan fingerprint density at radius 2 is 1.48 bits per heavy atom. The van der Waals surface area contributed by atoms with Gasteiger partial charge in [0.1, 0.15) is 6.54 Å². The van der Waals surface area contributed by atoms with Gasteiger partial charge >= 0.3 is 0 Å². The topological polar surface area (TPSA) is 25.0 Å². The molecule has 0 N–H and O–H groups in total. The molecule has 3 aromatic carbocycles. The molecule has 0 bridgehead atoms. The van der Waals surface area contributed by atoms with Crippen molar-refractivity contribution in [3.8, 4) is 0 Å². The minimum atomic E-state index is -0.196. The summed E-state index contributed by atoms with van der Waals surface area (Å²) in [5.41, 5.74) is 11.4. The third-order valence-corrected chi connectivity index (χ3v) is 12.0. The van der Waals surface area contributed by atoms with Gasteiger partial charge in [-0.15, -0.1) is 0 Å². The molecule has 262 valence electrons. The van der Waals surface area contributed by atoms with Crippen LogP contribution >= 0.6 is 0 Å². The summed E-state index contributed by atoms with van der Waals surface area (Å²) in [4.78, 5) is 14.8. The summed E-state index contributed by atoms with van der Waals surface area (Å²) in [6.45, 7) is 11.0. The second kappa shape index (κ2) is 14.2. The molecule has 0 saturated carbocycles. The maximum absolute atomic E-state index is 14.8. The van der Waals surface area contributed by atoms with Gasteiger partial charge in [-0.05, 0) is 68.1 Å². The second-order valence-electron chi connectivity index (χ2n) is 15.8. The number of allylic oxidation sites excluding steroid dienone is 12. The number of hydrogen-bond acceptors (Lipinski definition) is 1. The van der Waals surface area contributed by atoms with E-state index in [1.807, 2.05) is 0 Å². The Labute approximate surface area is 309 Å². The van der Waals surface area contributed by atoms with Crippen molar-refractivity contribution < 1.29 is 9.37 Å². The first-order valence-corrected chi connectivity index (χ1v) is 19.4. The van der Waals surface area contributed by atoms with Crippen LogP contribution in [-0.2, 0) is 23.2 Å². The van der Waals surface area contributed by atoms with Crippen LogP contribution in [-0.4, -0.2) is 27.2 Å². The van der Waals surface area contributed by atoms with Crippen molar-refractivity contribution in [2.75, 3.05) is 6.54 Å². The van der Waals surface area contributed by atoms with E-state index in [0.717, 1.165) is 67.5 Å². The molecule has 52 heavy (non-hydrogen) atoms. The van der Waals surface area contributed by atoms with Crippen molar-refractivity contribution in [1.29, 1.82) is 0 Å². The lowest BCUT2D eigenvalue weighted by Gasteiger charge is -2.27. The van der Waals surface area contributed by atoms with Crippen molar-refractivity contribution in [3.05, 3.63) is 167 Å². The highest BCUT2D eigenvalue weighted by Gasteiger charge is 2.49. The summed E-state index contributed by atoms with van der Waals surface area (Å²) >= 11 is 0. The fraction of sp³-hybridized carbons (Fsp3) is 0.306. The van der Waals surface area contributed by atoms with Crippen LogP contribution in [0.3, 0.4) is 0 Å². The highest BCUT2D eigenvalue weighted by atomic mass is 16.1. The predicted molar refractivity (Wildman–Crippen MR) is 217 cm³/mol. The Balaban J connectivity index is 1.25. The SMILES string of the molecule is CC1=C(c2c(Cc3ccccc3)n(CCC3C=CC=C3)c3ccccc23)C(=O)C1=CC1=[N+](CCC(C)C)c2ccccc2C1(C)CCC1C=CC=C1. The smallest absolute Gasteiger partial charge is 0.209 e. The first kappa shape index (κ1) is 34.1. The summed E-state index contributed by atoms with van der Waals surface area (Å²) in [7, 11) is 0. The molecule has 4 aliphatic rings. The fourth-order valence-electron chi connectivity index (χ4n) is 8.97. The summed E-state index contributed by atoms with van der Waals surface area (Å²) in [5.74, 6) is 1.66. The molecule has 1 unspecified atom stereocenters. The van der Waals surface area contributed by atoms with Gasteiger partial charge in [-0.25, -0.2) is 0 Å². The molecule has 0 saturated heterocycles. The van der Waals surface area contributed by atoms with Crippen molar-refractivity contribution >= 4 is 33.7 Å². The van der Waals surface area contributed by atoms with Crippen LogP contribution in [0.4, 0.5) is 5.69 Å². The molecule has 2 heterocycles. The van der Waals surface area contributed by atoms with Crippen LogP contribution < -0.4 is 0 Å². The second-order valence-corrected chi connectivity index (χ2v) is 15.8. The van der Waals surface area contributed by atoms with Crippen molar-refractivity contribution in [2.24, 2.45) is 17.8 Å². The predicted octanol–water partition coefficient (Wildman–Crippen LogP) is 11.3. The highest BCUT2D eigenvalue weighted by Crippen LogP contribution is 2.48. The number of hydrogen-bond donors (Lipinski definition) is 0. The van der Waals surface area contributed by atoms with E-state index in [0.29, 0.717) is 17.8 Å². The molecule has 0 spiro atoms. The van der Waals surface area contributed by atoms with Gasteiger partial charge in [-0.3, -0.25) is 4.79 Å². The summed E-state index contributed by atoms with van der Waals surface area (Å²) in [5, 5.41) is 1.18. The zero-order chi connectivity index (χ0) is 35.8.